The molecule has 0 unspecified atom stereocenters. The monoisotopic (exact) mass is 888 g/mol. The van der Waals surface area contributed by atoms with Crippen molar-refractivity contribution in [2.75, 3.05) is 6.61 Å². The largest absolute Gasteiger partial charge is 0.485 e. The Hall–Kier alpha value is -5.08. The summed E-state index contributed by atoms with van der Waals surface area (Å²) in [4.78, 5) is 13.2. The van der Waals surface area contributed by atoms with Crippen LogP contribution >= 0.6 is 7.82 Å². The molecule has 4 aromatic carbocycles. The van der Waals surface area contributed by atoms with E-state index in [1.165, 1.54) is 12.1 Å². The van der Waals surface area contributed by atoms with Crippen molar-refractivity contribution in [1.29, 1.82) is 0 Å². The zero-order valence-corrected chi connectivity index (χ0v) is 31.0. The number of carbonyl (C=O) groups is 1. The minimum absolute atomic E-state index is 0.142. The number of phosphoric ester groups is 1. The van der Waals surface area contributed by atoms with Gasteiger partial charge in [0, 0.05) is 0 Å². The van der Waals surface area contributed by atoms with E-state index in [-0.39, 0.29) is 22.3 Å². The predicted octanol–water partition coefficient (Wildman–Crippen LogP) is 10.6. The standard InChI is InChI=1S/C38H29F12O9P/c39-35(40,41)26-9-1-5-22(13-26)18-54-32-31(58-34(52)33(32)55-19-23-6-2-10-27(14-23)36(42,43)44)30(17-51)59-60(53,56-20-24-7-3-11-28(15-24)37(45,46)47)57-21-25-8-4-12-29(16-25)38(48,49)50/h1-16,30-31,51H,17-21H2/t30-,31+/m0/s1. The van der Waals surface area contributed by atoms with Gasteiger partial charge >= 0.3 is 38.5 Å². The molecule has 0 fully saturated rings. The maximum absolute atomic E-state index is 14.2. The summed E-state index contributed by atoms with van der Waals surface area (Å²) < 4.78 is 207. The van der Waals surface area contributed by atoms with Crippen LogP contribution in [-0.2, 0) is 88.3 Å². The molecule has 0 spiro atoms. The number of aliphatic hydroxyl groups excluding tert-OH is 1. The first-order valence-electron chi connectivity index (χ1n) is 17.0. The Morgan fingerprint density at radius 2 is 0.917 bits per heavy atom. The van der Waals surface area contributed by atoms with Gasteiger partial charge in [0.1, 0.15) is 19.3 Å². The van der Waals surface area contributed by atoms with Gasteiger partial charge in [0.2, 0.25) is 5.76 Å². The smallest absolute Gasteiger partial charge is 0.475 e. The molecule has 0 bridgehead atoms. The van der Waals surface area contributed by atoms with Crippen LogP contribution in [0, 0.1) is 0 Å². The van der Waals surface area contributed by atoms with Crippen LogP contribution in [0.25, 0.3) is 0 Å². The van der Waals surface area contributed by atoms with E-state index in [1.807, 2.05) is 0 Å². The minimum Gasteiger partial charge on any atom is -0.485 e. The van der Waals surface area contributed by atoms with Crippen molar-refractivity contribution >= 4 is 13.8 Å². The van der Waals surface area contributed by atoms with Crippen LogP contribution in [0.5, 0.6) is 0 Å². The van der Waals surface area contributed by atoms with Crippen molar-refractivity contribution < 1.29 is 94.9 Å². The molecule has 324 valence electrons. The summed E-state index contributed by atoms with van der Waals surface area (Å²) in [6, 6.07) is 14.1. The van der Waals surface area contributed by atoms with Gasteiger partial charge in [-0.2, -0.15) is 52.7 Å². The molecular weight excluding hydrogens is 859 g/mol. The first-order valence-corrected chi connectivity index (χ1v) is 18.4. The Morgan fingerprint density at radius 3 is 1.27 bits per heavy atom. The van der Waals surface area contributed by atoms with E-state index in [0.717, 1.165) is 48.5 Å². The lowest BCUT2D eigenvalue weighted by atomic mass is 10.1. The highest BCUT2D eigenvalue weighted by molar-refractivity contribution is 7.48. The van der Waals surface area contributed by atoms with Gasteiger partial charge in [-0.1, -0.05) is 48.5 Å². The molecule has 60 heavy (non-hydrogen) atoms. The molecule has 9 nitrogen and oxygen atoms in total. The lowest BCUT2D eigenvalue weighted by Crippen LogP contribution is -2.35. The summed E-state index contributed by atoms with van der Waals surface area (Å²) in [5.74, 6) is -3.04. The molecule has 1 heterocycles. The summed E-state index contributed by atoms with van der Waals surface area (Å²) in [6.45, 7) is -4.77. The van der Waals surface area contributed by atoms with Crippen molar-refractivity contribution in [3.05, 3.63) is 153 Å². The fourth-order valence-corrected chi connectivity index (χ4v) is 6.72. The molecule has 1 aliphatic heterocycles. The summed E-state index contributed by atoms with van der Waals surface area (Å²) in [5.41, 5.74) is -5.34. The fourth-order valence-electron chi connectivity index (χ4n) is 5.40. The number of hydrogen-bond acceptors (Lipinski definition) is 9. The van der Waals surface area contributed by atoms with E-state index in [1.54, 1.807) is 0 Å². The number of aliphatic hydroxyl groups is 1. The highest BCUT2D eigenvalue weighted by atomic mass is 31.2. The van der Waals surface area contributed by atoms with Crippen LogP contribution in [0.3, 0.4) is 0 Å². The summed E-state index contributed by atoms with van der Waals surface area (Å²) in [6.07, 6.45) is -23.4. The molecule has 0 amide bonds. The number of halogens is 12. The highest BCUT2D eigenvalue weighted by Gasteiger charge is 2.47. The maximum Gasteiger partial charge on any atom is 0.475 e. The van der Waals surface area contributed by atoms with E-state index in [0.29, 0.717) is 36.4 Å². The quantitative estimate of drug-likeness (QED) is 0.0668. The van der Waals surface area contributed by atoms with Crippen molar-refractivity contribution in [3.63, 3.8) is 0 Å². The van der Waals surface area contributed by atoms with E-state index in [4.69, 9.17) is 27.8 Å². The van der Waals surface area contributed by atoms with Gasteiger partial charge in [0.05, 0.1) is 42.1 Å². The summed E-state index contributed by atoms with van der Waals surface area (Å²) in [5, 5.41) is 10.4. The lowest BCUT2D eigenvalue weighted by Gasteiger charge is -2.27. The molecule has 0 saturated heterocycles. The first-order chi connectivity index (χ1) is 27.9. The van der Waals surface area contributed by atoms with E-state index >= 15 is 0 Å². The number of carbonyl (C=O) groups excluding carboxylic acids is 1. The van der Waals surface area contributed by atoms with Crippen LogP contribution in [0.15, 0.2) is 109 Å². The minimum atomic E-state index is -5.30. The van der Waals surface area contributed by atoms with Gasteiger partial charge in [0.25, 0.3) is 0 Å². The molecule has 22 heteroatoms. The van der Waals surface area contributed by atoms with Crippen LogP contribution in [0.1, 0.15) is 44.5 Å². The topological polar surface area (TPSA) is 110 Å². The number of rotatable bonds is 16. The number of alkyl halides is 12. The number of esters is 1. The average Bonchev–Trinajstić information content (AvgIpc) is 3.50. The Morgan fingerprint density at radius 1 is 0.567 bits per heavy atom. The Kier molecular flexibility index (Phi) is 14.0. The number of phosphoric acid groups is 1. The third kappa shape index (κ3) is 12.2. The third-order valence-corrected chi connectivity index (χ3v) is 9.68. The first kappa shape index (κ1) is 46.0. The third-order valence-electron chi connectivity index (χ3n) is 8.26. The number of hydrogen-bond donors (Lipinski definition) is 1. The zero-order chi connectivity index (χ0) is 44.1. The molecule has 5 rings (SSSR count). The number of ether oxygens (including phenoxy) is 3. The molecule has 4 aromatic rings. The second-order valence-corrected chi connectivity index (χ2v) is 14.3. The molecular formula is C38H29F12O9P. The van der Waals surface area contributed by atoms with Crippen LogP contribution in [0.2, 0.25) is 0 Å². The van der Waals surface area contributed by atoms with Gasteiger partial charge < -0.3 is 19.3 Å². The van der Waals surface area contributed by atoms with Gasteiger partial charge in [-0.3, -0.25) is 13.6 Å². The average molecular weight is 889 g/mol. The predicted molar refractivity (Wildman–Crippen MR) is 181 cm³/mol. The molecule has 0 aromatic heterocycles. The van der Waals surface area contributed by atoms with Crippen LogP contribution in [0.4, 0.5) is 52.7 Å². The van der Waals surface area contributed by atoms with Gasteiger partial charge in [-0.25, -0.2) is 9.36 Å². The Bertz CT molecular complexity index is 2150. The maximum atomic E-state index is 14.2. The number of benzene rings is 4. The van der Waals surface area contributed by atoms with Crippen LogP contribution in [-0.4, -0.2) is 29.9 Å². The molecule has 1 aliphatic rings. The molecule has 0 saturated carbocycles. The second kappa shape index (κ2) is 18.3. The van der Waals surface area contributed by atoms with Gasteiger partial charge in [0.15, 0.2) is 11.9 Å². The van der Waals surface area contributed by atoms with E-state index in [9.17, 15) is 67.2 Å². The van der Waals surface area contributed by atoms with Gasteiger partial charge in [-0.15, -0.1) is 0 Å². The SMILES string of the molecule is O=C1O[C@H]([C@H](CO)OP(=O)(OCc2cccc(C(F)(F)F)c2)OCc2cccc(C(F)(F)F)c2)C(OCc2cccc(C(F)(F)F)c2)=C1OCc1cccc(C(F)(F)F)c1. The van der Waals surface area contributed by atoms with E-state index < -0.39 is 118 Å². The van der Waals surface area contributed by atoms with Crippen molar-refractivity contribution in [2.45, 2.75) is 63.3 Å². The molecule has 2 atom stereocenters. The Balaban J connectivity index is 1.48. The normalized spacial score (nSPS) is 15.9. The molecule has 0 radical (unpaired) electrons. The second-order valence-electron chi connectivity index (χ2n) is 12.7. The number of cyclic esters (lactones) is 1. The molecule has 0 aliphatic carbocycles. The lowest BCUT2D eigenvalue weighted by molar-refractivity contribution is -0.149. The van der Waals surface area contributed by atoms with Gasteiger partial charge in [-0.05, 0) is 70.8 Å². The van der Waals surface area contributed by atoms with Crippen LogP contribution < -0.4 is 0 Å². The summed E-state index contributed by atoms with van der Waals surface area (Å²) in [7, 11) is -5.30. The van der Waals surface area contributed by atoms with Crippen molar-refractivity contribution in [1.82, 2.24) is 0 Å². The fraction of sp³-hybridized carbons (Fsp3) is 0.289. The zero-order valence-electron chi connectivity index (χ0n) is 30.1. The summed E-state index contributed by atoms with van der Waals surface area (Å²) >= 11 is 0. The molecule has 1 N–H and O–H groups in total. The van der Waals surface area contributed by atoms with E-state index in [2.05, 4.69) is 0 Å². The Labute approximate surface area is 331 Å². The van der Waals surface area contributed by atoms with Crippen molar-refractivity contribution in [3.8, 4) is 0 Å². The van der Waals surface area contributed by atoms with Crippen molar-refractivity contribution in [2.24, 2.45) is 0 Å². The highest BCUT2D eigenvalue weighted by Crippen LogP contribution is 2.53.